The number of nitrogens with zero attached hydrogens (tertiary/aromatic N) is 1. The average molecular weight is 393 g/mol. The molecule has 0 radical (unpaired) electrons. The van der Waals surface area contributed by atoms with Crippen molar-refractivity contribution >= 4 is 39.1 Å². The van der Waals surface area contributed by atoms with Gasteiger partial charge in [0.05, 0.1) is 11.6 Å². The first-order chi connectivity index (χ1) is 11.2. The first-order valence-electron chi connectivity index (χ1n) is 7.92. The molecule has 2 rings (SSSR count). The molecule has 1 aliphatic carbocycles. The molecule has 24 heavy (non-hydrogen) atoms. The van der Waals surface area contributed by atoms with Gasteiger partial charge in [-0.3, -0.25) is 4.79 Å². The van der Waals surface area contributed by atoms with Crippen molar-refractivity contribution in [2.24, 2.45) is 5.92 Å². The summed E-state index contributed by atoms with van der Waals surface area (Å²) in [6.45, 7) is 1.85. The molecule has 8 heteroatoms. The van der Waals surface area contributed by atoms with Crippen molar-refractivity contribution in [1.29, 1.82) is 0 Å². The van der Waals surface area contributed by atoms with Crippen LogP contribution in [0.5, 0.6) is 0 Å². The van der Waals surface area contributed by atoms with Gasteiger partial charge in [-0.15, -0.1) is 0 Å². The van der Waals surface area contributed by atoms with Crippen molar-refractivity contribution in [1.82, 2.24) is 9.62 Å². The van der Waals surface area contributed by atoms with Gasteiger partial charge in [-0.25, -0.2) is 8.42 Å². The van der Waals surface area contributed by atoms with Crippen LogP contribution in [0, 0.1) is 5.92 Å². The van der Waals surface area contributed by atoms with Gasteiger partial charge in [0.25, 0.3) is 0 Å². The maximum Gasteiger partial charge on any atom is 0.244 e. The van der Waals surface area contributed by atoms with Crippen LogP contribution in [0.3, 0.4) is 0 Å². The van der Waals surface area contributed by atoms with Gasteiger partial charge < -0.3 is 5.32 Å². The van der Waals surface area contributed by atoms with E-state index in [1.54, 1.807) is 0 Å². The van der Waals surface area contributed by atoms with Gasteiger partial charge in [0, 0.05) is 18.1 Å². The first-order valence-corrected chi connectivity index (χ1v) is 10.1. The largest absolute Gasteiger partial charge is 0.352 e. The Bertz CT molecular complexity index is 709. The summed E-state index contributed by atoms with van der Waals surface area (Å²) in [7, 11) is -2.53. The highest BCUT2D eigenvalue weighted by atomic mass is 35.5. The summed E-state index contributed by atoms with van der Waals surface area (Å²) >= 11 is 11.8. The van der Waals surface area contributed by atoms with Crippen LogP contribution in [0.15, 0.2) is 23.1 Å². The van der Waals surface area contributed by atoms with Crippen LogP contribution in [0.4, 0.5) is 0 Å². The highest BCUT2D eigenvalue weighted by molar-refractivity contribution is 7.89. The molecular weight excluding hydrogens is 371 g/mol. The summed E-state index contributed by atoms with van der Waals surface area (Å²) in [5.41, 5.74) is 0. The number of rotatable bonds is 5. The molecule has 1 N–H and O–H groups in total. The molecule has 1 aliphatic rings. The highest BCUT2D eigenvalue weighted by Gasteiger charge is 2.28. The number of benzene rings is 1. The number of hydrogen-bond donors (Lipinski definition) is 1. The second kappa shape index (κ2) is 8.04. The van der Waals surface area contributed by atoms with Gasteiger partial charge >= 0.3 is 0 Å². The zero-order valence-corrected chi connectivity index (χ0v) is 16.1. The molecule has 5 nitrogen and oxygen atoms in total. The molecule has 0 heterocycles. The zero-order chi connectivity index (χ0) is 17.9. The van der Waals surface area contributed by atoms with E-state index in [9.17, 15) is 13.2 Å². The van der Waals surface area contributed by atoms with Gasteiger partial charge in [-0.1, -0.05) is 43.0 Å². The second-order valence-corrected chi connectivity index (χ2v) is 9.13. The monoisotopic (exact) mass is 392 g/mol. The number of likely N-dealkylation sites (N-methyl/N-ethyl adjacent to an activating group) is 1. The lowest BCUT2D eigenvalue weighted by atomic mass is 9.86. The topological polar surface area (TPSA) is 66.5 Å². The van der Waals surface area contributed by atoms with E-state index in [-0.39, 0.29) is 33.4 Å². The molecule has 0 spiro atoms. The molecule has 1 aromatic rings. The standard InChI is InChI=1S/C16H22Cl2N2O3S/c1-11-5-3-4-6-14(11)19-16(21)10-20(2)24(22,23)15-9-12(17)7-8-13(15)18/h7-9,11,14H,3-6,10H2,1-2H3,(H,19,21)/t11-,14+/m1/s1. The molecule has 0 saturated heterocycles. The number of carbonyl (C=O) groups excluding carboxylic acids is 1. The molecular formula is C16H22Cl2N2O3S. The van der Waals surface area contributed by atoms with Crippen LogP contribution in [0.1, 0.15) is 32.6 Å². The maximum atomic E-state index is 12.6. The number of hydrogen-bond acceptors (Lipinski definition) is 3. The lowest BCUT2D eigenvalue weighted by molar-refractivity contribution is -0.122. The maximum absolute atomic E-state index is 12.6. The summed E-state index contributed by atoms with van der Waals surface area (Å²) in [5, 5.41) is 3.29. The van der Waals surface area contributed by atoms with Gasteiger partial charge in [0.1, 0.15) is 4.90 Å². The van der Waals surface area contributed by atoms with Crippen molar-refractivity contribution in [3.8, 4) is 0 Å². The summed E-state index contributed by atoms with van der Waals surface area (Å²) < 4.78 is 26.2. The Morgan fingerprint density at radius 2 is 1.96 bits per heavy atom. The third-order valence-corrected chi connectivity index (χ3v) is 6.93. The number of halogens is 2. The van der Waals surface area contributed by atoms with Crippen molar-refractivity contribution in [3.05, 3.63) is 28.2 Å². The van der Waals surface area contributed by atoms with Crippen LogP contribution >= 0.6 is 23.2 Å². The number of nitrogens with one attached hydrogen (secondary N) is 1. The van der Waals surface area contributed by atoms with Gasteiger partial charge in [0.2, 0.25) is 15.9 Å². The number of amides is 1. The lowest BCUT2D eigenvalue weighted by Gasteiger charge is -2.30. The van der Waals surface area contributed by atoms with E-state index in [0.717, 1.165) is 23.6 Å². The van der Waals surface area contributed by atoms with Crippen LogP contribution in [-0.2, 0) is 14.8 Å². The third-order valence-electron chi connectivity index (χ3n) is 4.41. The normalized spacial score (nSPS) is 21.7. The predicted octanol–water partition coefficient (Wildman–Crippen LogP) is 3.31. The molecule has 0 aliphatic heterocycles. The molecule has 2 atom stereocenters. The molecule has 1 aromatic carbocycles. The molecule has 1 saturated carbocycles. The Morgan fingerprint density at radius 1 is 1.29 bits per heavy atom. The van der Waals surface area contributed by atoms with Gasteiger partial charge in [-0.2, -0.15) is 4.31 Å². The smallest absolute Gasteiger partial charge is 0.244 e. The number of carbonyl (C=O) groups is 1. The summed E-state index contributed by atoms with van der Waals surface area (Å²) in [6.07, 6.45) is 4.28. The Kier molecular flexibility index (Phi) is 6.53. The van der Waals surface area contributed by atoms with E-state index in [1.807, 2.05) is 0 Å². The number of sulfonamides is 1. The first kappa shape index (κ1) is 19.5. The van der Waals surface area contributed by atoms with Crippen molar-refractivity contribution in [3.63, 3.8) is 0 Å². The molecule has 0 unspecified atom stereocenters. The molecule has 1 amide bonds. The minimum atomic E-state index is -3.89. The molecule has 0 aromatic heterocycles. The lowest BCUT2D eigenvalue weighted by Crippen LogP contribution is -2.46. The van der Waals surface area contributed by atoms with Crippen molar-refractivity contribution in [2.45, 2.75) is 43.5 Å². The van der Waals surface area contributed by atoms with Crippen LogP contribution in [0.25, 0.3) is 0 Å². The molecule has 1 fully saturated rings. The Balaban J connectivity index is 2.06. The average Bonchev–Trinajstić information content (AvgIpc) is 2.51. The van der Waals surface area contributed by atoms with E-state index in [1.165, 1.54) is 31.7 Å². The van der Waals surface area contributed by atoms with Crippen molar-refractivity contribution in [2.75, 3.05) is 13.6 Å². The second-order valence-electron chi connectivity index (χ2n) is 6.27. The fourth-order valence-electron chi connectivity index (χ4n) is 2.91. The van der Waals surface area contributed by atoms with Crippen LogP contribution < -0.4 is 5.32 Å². The fraction of sp³-hybridized carbons (Fsp3) is 0.562. The Hall–Kier alpha value is -0.820. The minimum Gasteiger partial charge on any atom is -0.352 e. The third kappa shape index (κ3) is 4.63. The van der Waals surface area contributed by atoms with Crippen molar-refractivity contribution < 1.29 is 13.2 Å². The van der Waals surface area contributed by atoms with E-state index < -0.39 is 10.0 Å². The SMILES string of the molecule is C[C@@H]1CCCC[C@@H]1NC(=O)CN(C)S(=O)(=O)c1cc(Cl)ccc1Cl. The summed E-state index contributed by atoms with van der Waals surface area (Å²) in [4.78, 5) is 12.1. The van der Waals surface area contributed by atoms with Crippen LogP contribution in [-0.4, -0.2) is 38.3 Å². The molecule has 0 bridgehead atoms. The quantitative estimate of drug-likeness (QED) is 0.835. The van der Waals surface area contributed by atoms with E-state index in [4.69, 9.17) is 23.2 Å². The van der Waals surface area contributed by atoms with Gasteiger partial charge in [-0.05, 0) is 37.0 Å². The van der Waals surface area contributed by atoms with E-state index in [0.29, 0.717) is 5.92 Å². The minimum absolute atomic E-state index is 0.0764. The Labute approximate surface area is 153 Å². The van der Waals surface area contributed by atoms with E-state index in [2.05, 4.69) is 12.2 Å². The Morgan fingerprint density at radius 3 is 2.62 bits per heavy atom. The summed E-state index contributed by atoms with van der Waals surface area (Å²) in [5.74, 6) is 0.102. The fourth-order valence-corrected chi connectivity index (χ4v) is 4.77. The zero-order valence-electron chi connectivity index (χ0n) is 13.8. The predicted molar refractivity (Wildman–Crippen MR) is 95.8 cm³/mol. The highest BCUT2D eigenvalue weighted by Crippen LogP contribution is 2.27. The van der Waals surface area contributed by atoms with Gasteiger partial charge in [0.15, 0.2) is 0 Å². The van der Waals surface area contributed by atoms with E-state index >= 15 is 0 Å². The van der Waals surface area contributed by atoms with Crippen LogP contribution in [0.2, 0.25) is 10.0 Å². The molecule has 134 valence electrons. The summed E-state index contributed by atoms with van der Waals surface area (Å²) in [6, 6.07) is 4.34.